The Morgan fingerprint density at radius 3 is 2.61 bits per heavy atom. The van der Waals surface area contributed by atoms with E-state index in [4.69, 9.17) is 4.84 Å². The molecule has 0 saturated heterocycles. The Balaban J connectivity index is 1.22. The molecule has 3 fully saturated rings. The second-order valence-corrected chi connectivity index (χ2v) is 11.9. The van der Waals surface area contributed by atoms with E-state index in [1.54, 1.807) is 19.3 Å². The molecule has 7 nitrogen and oxygen atoms in total. The Morgan fingerprint density at radius 1 is 1.11 bits per heavy atom. The molecular formula is C29H39N3O4. The van der Waals surface area contributed by atoms with E-state index in [1.807, 2.05) is 12.1 Å². The van der Waals surface area contributed by atoms with Gasteiger partial charge in [-0.3, -0.25) is 14.6 Å². The van der Waals surface area contributed by atoms with Gasteiger partial charge in [-0.1, -0.05) is 24.6 Å². The predicted molar refractivity (Wildman–Crippen MR) is 137 cm³/mol. The van der Waals surface area contributed by atoms with E-state index >= 15 is 0 Å². The van der Waals surface area contributed by atoms with Crippen LogP contribution in [-0.4, -0.2) is 39.7 Å². The molecule has 3 saturated carbocycles. The highest BCUT2D eigenvalue weighted by Crippen LogP contribution is 2.67. The number of carbonyl (C=O) groups excluding carboxylic acids is 2. The lowest BCUT2D eigenvalue weighted by Gasteiger charge is -2.59. The maximum atomic E-state index is 12.4. The molecule has 7 heteroatoms. The summed E-state index contributed by atoms with van der Waals surface area (Å²) in [6.45, 7) is 6.49. The number of ketones is 1. The summed E-state index contributed by atoms with van der Waals surface area (Å²) in [4.78, 5) is 34.0. The number of hydrogen-bond donors (Lipinski definition) is 2. The molecule has 0 bridgehead atoms. The van der Waals surface area contributed by atoms with Gasteiger partial charge in [-0.2, -0.15) is 0 Å². The number of rotatable bonds is 6. The first-order chi connectivity index (χ1) is 17.2. The van der Waals surface area contributed by atoms with Crippen molar-refractivity contribution in [1.29, 1.82) is 0 Å². The van der Waals surface area contributed by atoms with Gasteiger partial charge in [-0.05, 0) is 105 Å². The maximum Gasteiger partial charge on any atom is 0.261 e. The van der Waals surface area contributed by atoms with Crippen LogP contribution in [0.15, 0.2) is 41.3 Å². The van der Waals surface area contributed by atoms with Crippen LogP contribution in [0.25, 0.3) is 0 Å². The van der Waals surface area contributed by atoms with Crippen molar-refractivity contribution in [2.75, 3.05) is 6.61 Å². The number of hydrogen-bond acceptors (Lipinski definition) is 6. The van der Waals surface area contributed by atoms with Crippen molar-refractivity contribution < 1.29 is 19.5 Å². The zero-order valence-electron chi connectivity index (χ0n) is 21.8. The van der Waals surface area contributed by atoms with Crippen LogP contribution < -0.4 is 5.32 Å². The van der Waals surface area contributed by atoms with Crippen molar-refractivity contribution in [3.8, 4) is 0 Å². The van der Waals surface area contributed by atoms with E-state index in [0.29, 0.717) is 30.7 Å². The number of oxime groups is 1. The average Bonchev–Trinajstić information content (AvgIpc) is 3.15. The molecular weight excluding hydrogens is 454 g/mol. The minimum absolute atomic E-state index is 0.0573. The van der Waals surface area contributed by atoms with E-state index < -0.39 is 5.60 Å². The van der Waals surface area contributed by atoms with Gasteiger partial charge in [0.25, 0.3) is 5.91 Å². The zero-order chi connectivity index (χ0) is 25.6. The quantitative estimate of drug-likeness (QED) is 0.574. The molecule has 1 aromatic rings. The lowest BCUT2D eigenvalue weighted by atomic mass is 9.46. The summed E-state index contributed by atoms with van der Waals surface area (Å²) in [5.41, 5.74) is 2.02. The Morgan fingerprint density at radius 2 is 1.86 bits per heavy atom. The van der Waals surface area contributed by atoms with Crippen molar-refractivity contribution >= 4 is 17.4 Å². The van der Waals surface area contributed by atoms with Crippen LogP contribution in [0.5, 0.6) is 0 Å². The predicted octanol–water partition coefficient (Wildman–Crippen LogP) is 4.35. The van der Waals surface area contributed by atoms with E-state index in [0.717, 1.165) is 56.2 Å². The molecule has 0 spiro atoms. The number of amides is 1. The van der Waals surface area contributed by atoms with Gasteiger partial charge in [0, 0.05) is 24.4 Å². The topological polar surface area (TPSA) is 101 Å². The molecule has 1 amide bonds. The first-order valence-corrected chi connectivity index (χ1v) is 13.5. The molecule has 5 rings (SSSR count). The van der Waals surface area contributed by atoms with Crippen LogP contribution in [0.1, 0.15) is 77.7 Å². The van der Waals surface area contributed by atoms with E-state index in [9.17, 15) is 14.7 Å². The number of pyridine rings is 1. The Labute approximate surface area is 213 Å². The van der Waals surface area contributed by atoms with E-state index in [1.165, 1.54) is 5.57 Å². The molecule has 1 heterocycles. The number of allylic oxidation sites excluding steroid dienone is 2. The highest BCUT2D eigenvalue weighted by atomic mass is 16.6. The van der Waals surface area contributed by atoms with E-state index in [2.05, 4.69) is 35.4 Å². The number of fused-ring (bicyclic) bond motifs is 5. The summed E-state index contributed by atoms with van der Waals surface area (Å²) in [6, 6.07) is 3.73. The number of Topliss-reactive ketones (excluding diaryl/α,β-unsaturated/α-hetero) is 1. The lowest BCUT2D eigenvalue weighted by molar-refractivity contribution is -0.159. The van der Waals surface area contributed by atoms with Crippen LogP contribution in [0.2, 0.25) is 0 Å². The number of carbonyl (C=O) groups is 2. The number of nitrogens with zero attached hydrogens (tertiary/aromatic N) is 2. The fourth-order valence-electron chi connectivity index (χ4n) is 8.16. The Kier molecular flexibility index (Phi) is 6.56. The molecule has 0 radical (unpaired) electrons. The van der Waals surface area contributed by atoms with Crippen molar-refractivity contribution in [3.63, 3.8) is 0 Å². The molecule has 0 unspecified atom stereocenters. The Hall–Kier alpha value is -2.54. The summed E-state index contributed by atoms with van der Waals surface area (Å²) < 4.78 is 0. The highest BCUT2D eigenvalue weighted by molar-refractivity contribution is 5.96. The minimum Gasteiger partial charge on any atom is -0.385 e. The summed E-state index contributed by atoms with van der Waals surface area (Å²) in [7, 11) is 0. The van der Waals surface area contributed by atoms with Crippen molar-refractivity contribution in [3.05, 3.63) is 41.7 Å². The molecule has 36 heavy (non-hydrogen) atoms. The van der Waals surface area contributed by atoms with Crippen molar-refractivity contribution in [2.24, 2.45) is 33.7 Å². The van der Waals surface area contributed by atoms with Gasteiger partial charge in [0.2, 0.25) is 0 Å². The molecule has 1 aromatic heterocycles. The normalized spacial score (nSPS) is 38.4. The van der Waals surface area contributed by atoms with Crippen LogP contribution in [0.4, 0.5) is 0 Å². The third-order valence-electron chi connectivity index (χ3n) is 10.3. The fraction of sp³-hybridized carbons (Fsp3) is 0.655. The molecule has 0 aliphatic heterocycles. The van der Waals surface area contributed by atoms with Gasteiger partial charge < -0.3 is 15.3 Å². The maximum absolute atomic E-state index is 12.4. The fourth-order valence-corrected chi connectivity index (χ4v) is 8.16. The minimum atomic E-state index is -1.16. The second kappa shape index (κ2) is 9.40. The van der Waals surface area contributed by atoms with Gasteiger partial charge in [-0.25, -0.2) is 0 Å². The van der Waals surface area contributed by atoms with Gasteiger partial charge >= 0.3 is 0 Å². The summed E-state index contributed by atoms with van der Waals surface area (Å²) in [6.07, 6.45) is 13.1. The first kappa shape index (κ1) is 25.1. The summed E-state index contributed by atoms with van der Waals surface area (Å²) in [5.74, 6) is 1.28. The molecule has 4 aliphatic carbocycles. The van der Waals surface area contributed by atoms with Gasteiger partial charge in [0.05, 0.1) is 5.71 Å². The first-order valence-electron chi connectivity index (χ1n) is 13.5. The molecule has 194 valence electrons. The number of aliphatic hydroxyl groups is 1. The molecule has 0 aromatic carbocycles. The number of nitrogens with one attached hydrogen (secondary N) is 1. The zero-order valence-corrected chi connectivity index (χ0v) is 21.8. The van der Waals surface area contributed by atoms with Crippen molar-refractivity contribution in [2.45, 2.75) is 84.3 Å². The Bertz CT molecular complexity index is 1090. The summed E-state index contributed by atoms with van der Waals surface area (Å²) in [5, 5.41) is 18.5. The third kappa shape index (κ3) is 4.09. The van der Waals surface area contributed by atoms with Crippen LogP contribution in [0.3, 0.4) is 0 Å². The third-order valence-corrected chi connectivity index (χ3v) is 10.3. The van der Waals surface area contributed by atoms with Crippen LogP contribution in [0, 0.1) is 28.6 Å². The van der Waals surface area contributed by atoms with Crippen LogP contribution in [-0.2, 0) is 21.0 Å². The monoisotopic (exact) mass is 493 g/mol. The lowest BCUT2D eigenvalue weighted by Crippen LogP contribution is -2.57. The smallest absolute Gasteiger partial charge is 0.261 e. The van der Waals surface area contributed by atoms with Crippen LogP contribution >= 0.6 is 0 Å². The van der Waals surface area contributed by atoms with Gasteiger partial charge in [0.1, 0.15) is 5.60 Å². The molecule has 6 atom stereocenters. The van der Waals surface area contributed by atoms with E-state index in [-0.39, 0.29) is 29.1 Å². The average molecular weight is 494 g/mol. The number of aromatic nitrogens is 1. The van der Waals surface area contributed by atoms with Crippen molar-refractivity contribution in [1.82, 2.24) is 10.3 Å². The van der Waals surface area contributed by atoms with Gasteiger partial charge in [0.15, 0.2) is 12.4 Å². The standard InChI is InChI=1S/C29H39N3O4/c1-19(33)29(35)13-8-25-23-5-4-21-16-22(6-11-27(21,2)24(23)7-12-28(25,29)3)32-36-18-26(34)31-17-20-9-14-30-15-10-20/h9-10,14-16,23-25,35H,4-8,11-13,17-18H2,1-3H3,(H,31,34)/t23-,24-,25-,27+,28+,29-/m1/s1. The highest BCUT2D eigenvalue weighted by Gasteiger charge is 2.65. The summed E-state index contributed by atoms with van der Waals surface area (Å²) >= 11 is 0. The second-order valence-electron chi connectivity index (χ2n) is 11.9. The largest absolute Gasteiger partial charge is 0.385 e. The van der Waals surface area contributed by atoms with Gasteiger partial charge in [-0.15, -0.1) is 0 Å². The molecule has 4 aliphatic rings. The molecule has 2 N–H and O–H groups in total. The SMILES string of the molecule is CC(=O)[C@]1(O)CC[C@@H]2[C@@H]3CCC4=CC(=NOCC(=O)NCc5ccncc5)CC[C@]4(C)[C@@H]3CC[C@@]21C.